The van der Waals surface area contributed by atoms with Gasteiger partial charge in [0.05, 0.1) is 17.0 Å². The summed E-state index contributed by atoms with van der Waals surface area (Å²) in [6.45, 7) is 3.92. The topological polar surface area (TPSA) is 119 Å². The van der Waals surface area contributed by atoms with Crippen molar-refractivity contribution < 1.29 is 19.6 Å². The average molecular weight is 321 g/mol. The first kappa shape index (κ1) is 15.5. The zero-order valence-corrected chi connectivity index (χ0v) is 13.0. The minimum atomic E-state index is -0.982. The highest BCUT2D eigenvalue weighted by atomic mass is 16.6. The largest absolute Gasteiger partial charge is 0.484 e. The van der Waals surface area contributed by atoms with Gasteiger partial charge in [0.1, 0.15) is 23.1 Å². The second kappa shape index (κ2) is 5.09. The van der Waals surface area contributed by atoms with Crippen molar-refractivity contribution in [3.8, 4) is 5.75 Å². The van der Waals surface area contributed by atoms with Crippen molar-refractivity contribution in [1.29, 1.82) is 0 Å². The molecule has 0 aromatic heterocycles. The molecule has 23 heavy (non-hydrogen) atoms. The van der Waals surface area contributed by atoms with Crippen LogP contribution in [0.4, 0.5) is 11.4 Å². The molecular formula is C15H19N3O5. The first-order chi connectivity index (χ1) is 10.7. The lowest BCUT2D eigenvalue weighted by Crippen LogP contribution is -2.53. The van der Waals surface area contributed by atoms with E-state index in [2.05, 4.69) is 0 Å². The van der Waals surface area contributed by atoms with Gasteiger partial charge in [0.15, 0.2) is 0 Å². The van der Waals surface area contributed by atoms with Crippen molar-refractivity contribution in [3.63, 3.8) is 0 Å². The Morgan fingerprint density at radius 1 is 1.48 bits per heavy atom. The van der Waals surface area contributed by atoms with Crippen molar-refractivity contribution in [2.24, 2.45) is 0 Å². The number of benzene rings is 1. The van der Waals surface area contributed by atoms with E-state index in [0.717, 1.165) is 6.42 Å². The van der Waals surface area contributed by atoms with Gasteiger partial charge in [0.2, 0.25) is 5.91 Å². The molecule has 3 rings (SSSR count). The fraction of sp³-hybridized carbons (Fsp3) is 0.533. The van der Waals surface area contributed by atoms with Crippen molar-refractivity contribution in [1.82, 2.24) is 4.90 Å². The van der Waals surface area contributed by atoms with Crippen LogP contribution >= 0.6 is 0 Å². The number of nitrogen functional groups attached to an aromatic ring is 1. The van der Waals surface area contributed by atoms with Crippen LogP contribution in [0.3, 0.4) is 0 Å². The van der Waals surface area contributed by atoms with Gasteiger partial charge in [0, 0.05) is 18.5 Å². The van der Waals surface area contributed by atoms with Crippen molar-refractivity contribution in [2.45, 2.75) is 44.4 Å². The summed E-state index contributed by atoms with van der Waals surface area (Å²) in [7, 11) is 0. The van der Waals surface area contributed by atoms with Crippen LogP contribution in [0, 0.1) is 10.1 Å². The maximum atomic E-state index is 12.1. The van der Waals surface area contributed by atoms with Crippen LogP contribution in [0.1, 0.15) is 38.3 Å². The van der Waals surface area contributed by atoms with Crippen LogP contribution in [-0.4, -0.2) is 39.1 Å². The molecule has 1 fully saturated rings. The van der Waals surface area contributed by atoms with Gasteiger partial charge in [0.25, 0.3) is 5.69 Å². The van der Waals surface area contributed by atoms with Gasteiger partial charge in [-0.15, -0.1) is 0 Å². The number of fused-ring (bicyclic) bond motifs is 1. The number of aliphatic hydroxyl groups is 1. The summed E-state index contributed by atoms with van der Waals surface area (Å²) in [5, 5.41) is 21.8. The zero-order valence-electron chi connectivity index (χ0n) is 13.0. The number of ether oxygens (including phenoxy) is 1. The lowest BCUT2D eigenvalue weighted by Gasteiger charge is -2.45. The number of nitrogens with zero attached hydrogens (tertiary/aromatic N) is 2. The van der Waals surface area contributed by atoms with E-state index in [9.17, 15) is 20.0 Å². The first-order valence-electron chi connectivity index (χ1n) is 7.46. The first-order valence-corrected chi connectivity index (χ1v) is 7.46. The number of nitro benzene ring substituents is 1. The predicted octanol–water partition coefficient (Wildman–Crippen LogP) is 1.37. The summed E-state index contributed by atoms with van der Waals surface area (Å²) < 4.78 is 5.75. The number of rotatable bonds is 2. The molecule has 0 bridgehead atoms. The Kier molecular flexibility index (Phi) is 3.44. The van der Waals surface area contributed by atoms with Gasteiger partial charge in [-0.25, -0.2) is 0 Å². The van der Waals surface area contributed by atoms with Crippen LogP contribution in [0.5, 0.6) is 5.75 Å². The van der Waals surface area contributed by atoms with Crippen molar-refractivity contribution in [3.05, 3.63) is 27.8 Å². The van der Waals surface area contributed by atoms with Gasteiger partial charge < -0.3 is 20.5 Å². The number of amides is 1. The average Bonchev–Trinajstić information content (AvgIpc) is 2.86. The van der Waals surface area contributed by atoms with Crippen LogP contribution in [0.25, 0.3) is 0 Å². The third-order valence-electron chi connectivity index (χ3n) is 4.50. The third-order valence-corrected chi connectivity index (χ3v) is 4.50. The van der Waals surface area contributed by atoms with E-state index in [-0.39, 0.29) is 23.0 Å². The maximum absolute atomic E-state index is 12.1. The molecule has 2 atom stereocenters. The molecule has 0 unspecified atom stereocenters. The Hall–Kier alpha value is -2.35. The zero-order chi connectivity index (χ0) is 16.9. The molecular weight excluding hydrogens is 302 g/mol. The highest BCUT2D eigenvalue weighted by Crippen LogP contribution is 2.46. The Morgan fingerprint density at radius 2 is 2.17 bits per heavy atom. The minimum absolute atomic E-state index is 0.0131. The number of nitrogens with two attached hydrogens (primary N) is 1. The molecule has 1 saturated heterocycles. The summed E-state index contributed by atoms with van der Waals surface area (Å²) in [5.41, 5.74) is 5.04. The molecule has 1 aromatic carbocycles. The van der Waals surface area contributed by atoms with Crippen LogP contribution < -0.4 is 10.5 Å². The number of carbonyl (C=O) groups excluding carboxylic acids is 1. The van der Waals surface area contributed by atoms with Crippen molar-refractivity contribution >= 4 is 17.3 Å². The highest BCUT2D eigenvalue weighted by molar-refractivity contribution is 5.79. The molecule has 2 aliphatic heterocycles. The van der Waals surface area contributed by atoms with E-state index in [1.54, 1.807) is 18.7 Å². The number of likely N-dealkylation sites (tertiary alicyclic amines) is 1. The van der Waals surface area contributed by atoms with E-state index in [4.69, 9.17) is 10.5 Å². The molecule has 0 saturated carbocycles. The van der Waals surface area contributed by atoms with Gasteiger partial charge in [-0.3, -0.25) is 14.9 Å². The predicted molar refractivity (Wildman–Crippen MR) is 81.9 cm³/mol. The Morgan fingerprint density at radius 3 is 2.74 bits per heavy atom. The summed E-state index contributed by atoms with van der Waals surface area (Å²) in [5.74, 6) is 0.237. The standard InChI is InChI=1S/C15H19N3O5/c1-15(2)14(20)13(17-5-3-4-12(17)19)8-6-9(16)10(18(21)22)7-11(8)23-15/h6-7,13-14,20H,3-5,16H2,1-2H3/t13-,14+/m0/s1. The molecule has 0 radical (unpaired) electrons. The summed E-state index contributed by atoms with van der Waals surface area (Å²) in [6.07, 6.45) is 0.196. The third kappa shape index (κ3) is 2.39. The molecule has 1 aromatic rings. The van der Waals surface area contributed by atoms with E-state index in [0.29, 0.717) is 18.5 Å². The Labute approximate surface area is 133 Å². The number of nitro groups is 1. The molecule has 3 N–H and O–H groups in total. The summed E-state index contributed by atoms with van der Waals surface area (Å²) in [4.78, 5) is 24.2. The second-order valence-corrected chi connectivity index (χ2v) is 6.49. The van der Waals surface area contributed by atoms with Gasteiger partial charge in [-0.2, -0.15) is 0 Å². The summed E-state index contributed by atoms with van der Waals surface area (Å²) in [6, 6.07) is 2.08. The van der Waals surface area contributed by atoms with Crippen LogP contribution in [0.15, 0.2) is 12.1 Å². The quantitative estimate of drug-likeness (QED) is 0.482. The van der Waals surface area contributed by atoms with Gasteiger partial charge >= 0.3 is 0 Å². The fourth-order valence-electron chi connectivity index (χ4n) is 3.28. The molecule has 2 aliphatic rings. The minimum Gasteiger partial charge on any atom is -0.484 e. The van der Waals surface area contributed by atoms with Gasteiger partial charge in [-0.1, -0.05) is 0 Å². The van der Waals surface area contributed by atoms with E-state index in [1.165, 1.54) is 12.1 Å². The lowest BCUT2D eigenvalue weighted by atomic mass is 9.85. The molecule has 8 nitrogen and oxygen atoms in total. The van der Waals surface area contributed by atoms with Crippen molar-refractivity contribution in [2.75, 3.05) is 12.3 Å². The molecule has 124 valence electrons. The SMILES string of the molecule is CC1(C)Oc2cc([N+](=O)[O-])c(N)cc2[C@H](N2CCCC2=O)[C@H]1O. The number of hydrogen-bond acceptors (Lipinski definition) is 6. The molecule has 2 heterocycles. The fourth-order valence-corrected chi connectivity index (χ4v) is 3.28. The molecule has 8 heteroatoms. The Bertz CT molecular complexity index is 688. The number of anilines is 1. The highest BCUT2D eigenvalue weighted by Gasteiger charge is 2.48. The smallest absolute Gasteiger partial charge is 0.295 e. The van der Waals surface area contributed by atoms with Crippen LogP contribution in [0.2, 0.25) is 0 Å². The Balaban J connectivity index is 2.15. The summed E-state index contributed by atoms with van der Waals surface area (Å²) >= 11 is 0. The molecule has 0 aliphatic carbocycles. The van der Waals surface area contributed by atoms with E-state index in [1.807, 2.05) is 0 Å². The number of aliphatic hydroxyl groups excluding tert-OH is 1. The van der Waals surface area contributed by atoms with E-state index < -0.39 is 22.7 Å². The molecule has 1 amide bonds. The van der Waals surface area contributed by atoms with Gasteiger partial charge in [-0.05, 0) is 26.3 Å². The van der Waals surface area contributed by atoms with E-state index >= 15 is 0 Å². The lowest BCUT2D eigenvalue weighted by molar-refractivity contribution is -0.384. The second-order valence-electron chi connectivity index (χ2n) is 6.49. The maximum Gasteiger partial charge on any atom is 0.295 e. The van der Waals surface area contributed by atoms with Crippen LogP contribution in [-0.2, 0) is 4.79 Å². The normalized spacial score (nSPS) is 25.9. The number of carbonyl (C=O) groups is 1. The molecule has 0 spiro atoms. The monoisotopic (exact) mass is 321 g/mol. The number of hydrogen-bond donors (Lipinski definition) is 2.